The average Bonchev–Trinajstić information content (AvgIpc) is 2.08. The van der Waals surface area contributed by atoms with Gasteiger partial charge in [-0.05, 0) is 43.5 Å². The van der Waals surface area contributed by atoms with Crippen molar-refractivity contribution in [3.05, 3.63) is 12.2 Å². The lowest BCUT2D eigenvalue weighted by Gasteiger charge is -2.16. The molecular weight excluding hydrogens is 208 g/mol. The SMILES string of the molecule is CC(C)SC(=O)OC1C=CCCCCC1. The summed E-state index contributed by atoms with van der Waals surface area (Å²) in [6, 6.07) is 0. The number of hydrogen-bond acceptors (Lipinski definition) is 3. The molecule has 0 aromatic carbocycles. The molecule has 0 radical (unpaired) electrons. The van der Waals surface area contributed by atoms with Crippen LogP contribution in [0.4, 0.5) is 4.79 Å². The summed E-state index contributed by atoms with van der Waals surface area (Å²) in [5.74, 6) is 0. The minimum absolute atomic E-state index is 0.00375. The molecule has 1 atom stereocenters. The van der Waals surface area contributed by atoms with Gasteiger partial charge in [-0.3, -0.25) is 0 Å². The highest BCUT2D eigenvalue weighted by molar-refractivity contribution is 8.13. The van der Waals surface area contributed by atoms with Gasteiger partial charge in [0.05, 0.1) is 0 Å². The van der Waals surface area contributed by atoms with Gasteiger partial charge in [0.1, 0.15) is 6.10 Å². The minimum atomic E-state index is -0.139. The van der Waals surface area contributed by atoms with Gasteiger partial charge in [0.2, 0.25) is 0 Å². The first-order chi connectivity index (χ1) is 7.18. The van der Waals surface area contributed by atoms with Crippen molar-refractivity contribution in [3.63, 3.8) is 0 Å². The largest absolute Gasteiger partial charge is 0.450 e. The van der Waals surface area contributed by atoms with Crippen LogP contribution < -0.4 is 0 Å². The molecule has 1 unspecified atom stereocenters. The number of carbonyl (C=O) groups is 1. The monoisotopic (exact) mass is 228 g/mol. The van der Waals surface area contributed by atoms with Gasteiger partial charge in [0.15, 0.2) is 0 Å². The number of hydrogen-bond donors (Lipinski definition) is 0. The maximum Gasteiger partial charge on any atom is 0.368 e. The van der Waals surface area contributed by atoms with Gasteiger partial charge < -0.3 is 4.74 Å². The fraction of sp³-hybridized carbons (Fsp3) is 0.750. The van der Waals surface area contributed by atoms with Crippen LogP contribution in [0.2, 0.25) is 0 Å². The highest BCUT2D eigenvalue weighted by Crippen LogP contribution is 2.19. The molecule has 0 saturated heterocycles. The highest BCUT2D eigenvalue weighted by Gasteiger charge is 2.14. The van der Waals surface area contributed by atoms with Gasteiger partial charge in [-0.25, -0.2) is 4.79 Å². The molecule has 15 heavy (non-hydrogen) atoms. The summed E-state index contributed by atoms with van der Waals surface area (Å²) in [7, 11) is 0. The molecule has 1 rings (SSSR count). The third kappa shape index (κ3) is 5.88. The highest BCUT2D eigenvalue weighted by atomic mass is 32.2. The molecule has 0 heterocycles. The maximum atomic E-state index is 11.4. The summed E-state index contributed by atoms with van der Waals surface area (Å²) in [4.78, 5) is 11.4. The first kappa shape index (κ1) is 12.6. The number of allylic oxidation sites excluding steroid dienone is 1. The molecule has 3 heteroatoms. The van der Waals surface area contributed by atoms with E-state index in [9.17, 15) is 4.79 Å². The van der Waals surface area contributed by atoms with Crippen molar-refractivity contribution in [2.45, 2.75) is 57.3 Å². The molecule has 0 amide bonds. The van der Waals surface area contributed by atoms with Crippen molar-refractivity contribution >= 4 is 17.1 Å². The second-order valence-corrected chi connectivity index (χ2v) is 5.65. The topological polar surface area (TPSA) is 26.3 Å². The van der Waals surface area contributed by atoms with E-state index in [1.807, 2.05) is 19.9 Å². The number of thioether (sulfide) groups is 1. The van der Waals surface area contributed by atoms with E-state index in [2.05, 4.69) is 6.08 Å². The van der Waals surface area contributed by atoms with Crippen molar-refractivity contribution < 1.29 is 9.53 Å². The van der Waals surface area contributed by atoms with Gasteiger partial charge >= 0.3 is 5.30 Å². The normalized spacial score (nSPS) is 22.2. The Morgan fingerprint density at radius 2 is 2.20 bits per heavy atom. The van der Waals surface area contributed by atoms with Crippen LogP contribution in [0.15, 0.2) is 12.2 Å². The number of rotatable bonds is 2. The van der Waals surface area contributed by atoms with E-state index < -0.39 is 0 Å². The zero-order chi connectivity index (χ0) is 11.1. The molecule has 86 valence electrons. The minimum Gasteiger partial charge on any atom is -0.450 e. The molecule has 0 N–H and O–H groups in total. The molecule has 0 aliphatic heterocycles. The van der Waals surface area contributed by atoms with Crippen LogP contribution in [0, 0.1) is 0 Å². The third-order valence-corrected chi connectivity index (χ3v) is 3.05. The predicted molar refractivity (Wildman–Crippen MR) is 65.2 cm³/mol. The molecule has 0 saturated carbocycles. The lowest BCUT2D eigenvalue weighted by Crippen LogP contribution is -2.14. The van der Waals surface area contributed by atoms with Gasteiger partial charge in [-0.15, -0.1) is 0 Å². The Bertz CT molecular complexity index is 224. The van der Waals surface area contributed by atoms with Crippen molar-refractivity contribution in [2.24, 2.45) is 0 Å². The molecule has 1 aliphatic rings. The Labute approximate surface area is 96.5 Å². The predicted octanol–water partition coefficient (Wildman–Crippen LogP) is 4.15. The first-order valence-corrected chi connectivity index (χ1v) is 6.60. The molecule has 1 aliphatic carbocycles. The quantitative estimate of drug-likeness (QED) is 0.524. The molecule has 0 aromatic rings. The molecule has 0 aromatic heterocycles. The Kier molecular flexibility index (Phi) is 5.84. The van der Waals surface area contributed by atoms with E-state index in [4.69, 9.17) is 4.74 Å². The first-order valence-electron chi connectivity index (χ1n) is 5.72. The van der Waals surface area contributed by atoms with Crippen LogP contribution in [-0.4, -0.2) is 16.7 Å². The maximum absolute atomic E-state index is 11.4. The second kappa shape index (κ2) is 6.94. The van der Waals surface area contributed by atoms with Gasteiger partial charge in [-0.1, -0.05) is 26.3 Å². The standard InChI is InChI=1S/C12H20O2S/c1-10(2)15-12(13)14-11-8-6-4-3-5-7-9-11/h6,8,10-11H,3-5,7,9H2,1-2H3. The molecule has 0 bridgehead atoms. The van der Waals surface area contributed by atoms with Crippen molar-refractivity contribution in [2.75, 3.05) is 0 Å². The van der Waals surface area contributed by atoms with Gasteiger partial charge in [-0.2, -0.15) is 0 Å². The Balaban J connectivity index is 2.34. The summed E-state index contributed by atoms with van der Waals surface area (Å²) < 4.78 is 5.37. The Morgan fingerprint density at radius 3 is 2.93 bits per heavy atom. The van der Waals surface area contributed by atoms with E-state index in [-0.39, 0.29) is 11.4 Å². The molecular formula is C12H20O2S. The van der Waals surface area contributed by atoms with Crippen molar-refractivity contribution in [3.8, 4) is 0 Å². The van der Waals surface area contributed by atoms with E-state index in [1.54, 1.807) is 0 Å². The van der Waals surface area contributed by atoms with Crippen LogP contribution in [0.3, 0.4) is 0 Å². The molecule has 0 spiro atoms. The zero-order valence-electron chi connectivity index (χ0n) is 9.57. The lowest BCUT2D eigenvalue weighted by molar-refractivity contribution is 0.139. The Hall–Kier alpha value is -0.440. The van der Waals surface area contributed by atoms with Crippen LogP contribution in [0.25, 0.3) is 0 Å². The summed E-state index contributed by atoms with van der Waals surface area (Å²) in [5, 5.41) is 0.162. The van der Waals surface area contributed by atoms with Crippen LogP contribution in [0.1, 0.15) is 46.0 Å². The Morgan fingerprint density at radius 1 is 1.40 bits per heavy atom. The molecule has 0 fully saturated rings. The summed E-state index contributed by atoms with van der Waals surface area (Å²) in [5.41, 5.74) is 0. The average molecular weight is 228 g/mol. The summed E-state index contributed by atoms with van der Waals surface area (Å²) in [6.07, 6.45) is 9.94. The van der Waals surface area contributed by atoms with E-state index >= 15 is 0 Å². The molecule has 2 nitrogen and oxygen atoms in total. The number of ether oxygens (including phenoxy) is 1. The third-order valence-electron chi connectivity index (χ3n) is 2.29. The fourth-order valence-electron chi connectivity index (χ4n) is 1.57. The lowest BCUT2D eigenvalue weighted by atomic mass is 10.0. The number of carbonyl (C=O) groups excluding carboxylic acids is 1. The summed E-state index contributed by atoms with van der Waals surface area (Å²) in [6.45, 7) is 4.00. The van der Waals surface area contributed by atoms with Crippen LogP contribution >= 0.6 is 11.8 Å². The van der Waals surface area contributed by atoms with E-state index in [0.717, 1.165) is 19.3 Å². The smallest absolute Gasteiger partial charge is 0.368 e. The second-order valence-electron chi connectivity index (χ2n) is 4.14. The van der Waals surface area contributed by atoms with Crippen molar-refractivity contribution in [1.29, 1.82) is 0 Å². The van der Waals surface area contributed by atoms with Gasteiger partial charge in [0.25, 0.3) is 0 Å². The van der Waals surface area contributed by atoms with E-state index in [1.165, 1.54) is 24.6 Å². The van der Waals surface area contributed by atoms with Crippen molar-refractivity contribution in [1.82, 2.24) is 0 Å². The van der Waals surface area contributed by atoms with Crippen LogP contribution in [-0.2, 0) is 4.74 Å². The fourth-order valence-corrected chi connectivity index (χ4v) is 2.13. The zero-order valence-corrected chi connectivity index (χ0v) is 10.4. The summed E-state index contributed by atoms with van der Waals surface area (Å²) >= 11 is 1.27. The van der Waals surface area contributed by atoms with E-state index in [0.29, 0.717) is 5.25 Å². The van der Waals surface area contributed by atoms with Gasteiger partial charge in [0, 0.05) is 5.25 Å². The van der Waals surface area contributed by atoms with Crippen LogP contribution in [0.5, 0.6) is 0 Å².